The standard InChI is InChI=1S/C25H27NO2/c1-4-7-10-15-26-21-16-17(11-5-2)22-23(20(21)12-6-3)25(28)19-14-9-8-13-18(19)24(22)27/h5-6,8-9,13-14,16,26H,2-4,7,10-12,15H2,1H3. The predicted octanol–water partition coefficient (Wildman–Crippen LogP) is 5.52. The van der Waals surface area contributed by atoms with E-state index in [2.05, 4.69) is 25.4 Å². The van der Waals surface area contributed by atoms with Gasteiger partial charge >= 0.3 is 0 Å². The molecule has 0 saturated heterocycles. The molecule has 3 rings (SSSR count). The lowest BCUT2D eigenvalue weighted by Crippen LogP contribution is -2.25. The van der Waals surface area contributed by atoms with E-state index in [1.165, 1.54) is 0 Å². The van der Waals surface area contributed by atoms with Gasteiger partial charge in [-0.05, 0) is 36.5 Å². The number of anilines is 1. The Hall–Kier alpha value is -2.94. The Morgan fingerprint density at radius 3 is 2.18 bits per heavy atom. The molecule has 0 amide bonds. The van der Waals surface area contributed by atoms with Crippen LogP contribution in [-0.2, 0) is 12.8 Å². The van der Waals surface area contributed by atoms with Crippen molar-refractivity contribution in [2.24, 2.45) is 0 Å². The maximum Gasteiger partial charge on any atom is 0.194 e. The van der Waals surface area contributed by atoms with E-state index in [1.807, 2.05) is 6.07 Å². The minimum atomic E-state index is -0.0791. The smallest absolute Gasteiger partial charge is 0.194 e. The van der Waals surface area contributed by atoms with E-state index in [0.29, 0.717) is 35.1 Å². The molecule has 0 fully saturated rings. The zero-order chi connectivity index (χ0) is 20.1. The van der Waals surface area contributed by atoms with Crippen molar-refractivity contribution in [2.45, 2.75) is 39.0 Å². The monoisotopic (exact) mass is 373 g/mol. The lowest BCUT2D eigenvalue weighted by atomic mass is 9.78. The van der Waals surface area contributed by atoms with Gasteiger partial charge in [0.1, 0.15) is 0 Å². The van der Waals surface area contributed by atoms with E-state index in [-0.39, 0.29) is 11.6 Å². The lowest BCUT2D eigenvalue weighted by molar-refractivity contribution is 0.0978. The van der Waals surface area contributed by atoms with Crippen LogP contribution in [0.5, 0.6) is 0 Å². The number of unbranched alkanes of at least 4 members (excludes halogenated alkanes) is 2. The molecule has 28 heavy (non-hydrogen) atoms. The largest absolute Gasteiger partial charge is 0.385 e. The van der Waals surface area contributed by atoms with Gasteiger partial charge in [0.05, 0.1) is 0 Å². The van der Waals surface area contributed by atoms with E-state index in [1.54, 1.807) is 36.4 Å². The molecule has 3 nitrogen and oxygen atoms in total. The molecule has 0 unspecified atom stereocenters. The average Bonchev–Trinajstić information content (AvgIpc) is 2.71. The molecule has 0 saturated carbocycles. The maximum absolute atomic E-state index is 13.4. The van der Waals surface area contributed by atoms with Crippen LogP contribution >= 0.6 is 0 Å². The predicted molar refractivity (Wildman–Crippen MR) is 116 cm³/mol. The van der Waals surface area contributed by atoms with Crippen LogP contribution in [0.25, 0.3) is 0 Å². The summed E-state index contributed by atoms with van der Waals surface area (Å²) in [6.45, 7) is 10.7. The normalized spacial score (nSPS) is 12.3. The molecule has 1 aliphatic carbocycles. The second-order valence-electron chi connectivity index (χ2n) is 7.14. The van der Waals surface area contributed by atoms with Crippen molar-refractivity contribution in [3.05, 3.63) is 89.0 Å². The van der Waals surface area contributed by atoms with E-state index < -0.39 is 0 Å². The van der Waals surface area contributed by atoms with Crippen molar-refractivity contribution in [3.8, 4) is 0 Å². The van der Waals surface area contributed by atoms with Crippen molar-refractivity contribution < 1.29 is 9.59 Å². The summed E-state index contributed by atoms with van der Waals surface area (Å²) in [7, 11) is 0. The number of carbonyl (C=O) groups is 2. The highest BCUT2D eigenvalue weighted by Gasteiger charge is 2.34. The summed E-state index contributed by atoms with van der Waals surface area (Å²) in [6.07, 6.45) is 8.01. The third-order valence-electron chi connectivity index (χ3n) is 5.20. The van der Waals surface area contributed by atoms with Crippen LogP contribution in [0.4, 0.5) is 5.69 Å². The first kappa shape index (κ1) is 19.8. The van der Waals surface area contributed by atoms with Gasteiger partial charge in [-0.2, -0.15) is 0 Å². The third kappa shape index (κ3) is 3.57. The molecule has 0 atom stereocenters. The van der Waals surface area contributed by atoms with Gasteiger partial charge < -0.3 is 5.32 Å². The third-order valence-corrected chi connectivity index (χ3v) is 5.20. The number of allylic oxidation sites excluding steroid dienone is 2. The Balaban J connectivity index is 2.19. The van der Waals surface area contributed by atoms with Crippen molar-refractivity contribution in [2.75, 3.05) is 11.9 Å². The maximum atomic E-state index is 13.4. The quantitative estimate of drug-likeness (QED) is 0.397. The van der Waals surface area contributed by atoms with Gasteiger partial charge in [-0.15, -0.1) is 13.2 Å². The summed E-state index contributed by atoms with van der Waals surface area (Å²) in [5.74, 6) is -0.158. The highest BCUT2D eigenvalue weighted by Crippen LogP contribution is 2.36. The second kappa shape index (κ2) is 8.83. The number of nitrogens with one attached hydrogen (secondary N) is 1. The Morgan fingerprint density at radius 1 is 0.929 bits per heavy atom. The van der Waals surface area contributed by atoms with Crippen LogP contribution in [0.3, 0.4) is 0 Å². The van der Waals surface area contributed by atoms with Crippen molar-refractivity contribution in [3.63, 3.8) is 0 Å². The first-order chi connectivity index (χ1) is 13.6. The highest BCUT2D eigenvalue weighted by molar-refractivity contribution is 6.29. The fourth-order valence-corrected chi connectivity index (χ4v) is 3.87. The topological polar surface area (TPSA) is 46.2 Å². The van der Waals surface area contributed by atoms with E-state index in [4.69, 9.17) is 0 Å². The van der Waals surface area contributed by atoms with Crippen LogP contribution in [-0.4, -0.2) is 18.1 Å². The SMILES string of the molecule is C=CCc1cc(NCCCCC)c(CC=C)c2c1C(=O)c1ccccc1C2=O. The van der Waals surface area contributed by atoms with Gasteiger partial charge in [-0.25, -0.2) is 0 Å². The fourth-order valence-electron chi connectivity index (χ4n) is 3.87. The number of hydrogen-bond acceptors (Lipinski definition) is 3. The fraction of sp³-hybridized carbons (Fsp3) is 0.280. The molecule has 0 spiro atoms. The molecule has 0 radical (unpaired) electrons. The van der Waals surface area contributed by atoms with E-state index in [9.17, 15) is 9.59 Å². The number of rotatable bonds is 9. The number of ketones is 2. The molecule has 2 aromatic rings. The second-order valence-corrected chi connectivity index (χ2v) is 7.14. The Kier molecular flexibility index (Phi) is 6.25. The van der Waals surface area contributed by atoms with Crippen LogP contribution in [0.15, 0.2) is 55.6 Å². The summed E-state index contributed by atoms with van der Waals surface area (Å²) in [5, 5.41) is 3.50. The first-order valence-corrected chi connectivity index (χ1v) is 9.96. The zero-order valence-electron chi connectivity index (χ0n) is 16.5. The van der Waals surface area contributed by atoms with Gasteiger partial charge in [-0.3, -0.25) is 9.59 Å². The van der Waals surface area contributed by atoms with Crippen LogP contribution in [0, 0.1) is 0 Å². The van der Waals surface area contributed by atoms with Gasteiger partial charge in [-0.1, -0.05) is 56.2 Å². The molecule has 144 valence electrons. The van der Waals surface area contributed by atoms with Crippen molar-refractivity contribution in [1.82, 2.24) is 0 Å². The molecule has 3 heteroatoms. The Bertz CT molecular complexity index is 940. The molecule has 1 N–H and O–H groups in total. The Labute approximate surface area is 167 Å². The Morgan fingerprint density at radius 2 is 1.57 bits per heavy atom. The van der Waals surface area contributed by atoms with Crippen molar-refractivity contribution >= 4 is 17.3 Å². The van der Waals surface area contributed by atoms with Crippen LogP contribution in [0.2, 0.25) is 0 Å². The van der Waals surface area contributed by atoms with Crippen LogP contribution < -0.4 is 5.32 Å². The highest BCUT2D eigenvalue weighted by atomic mass is 16.1. The summed E-state index contributed by atoms with van der Waals surface area (Å²) < 4.78 is 0. The number of carbonyl (C=O) groups excluding carboxylic acids is 2. The molecule has 2 aromatic carbocycles. The number of fused-ring (bicyclic) bond motifs is 2. The molecule has 0 aromatic heterocycles. The number of hydrogen-bond donors (Lipinski definition) is 1. The first-order valence-electron chi connectivity index (χ1n) is 9.96. The molecule has 0 bridgehead atoms. The van der Waals surface area contributed by atoms with E-state index in [0.717, 1.165) is 42.6 Å². The summed E-state index contributed by atoms with van der Waals surface area (Å²) in [6, 6.07) is 9.10. The van der Waals surface area contributed by atoms with Gasteiger partial charge in [0.2, 0.25) is 0 Å². The molecule has 0 aliphatic heterocycles. The minimum Gasteiger partial charge on any atom is -0.385 e. The van der Waals surface area contributed by atoms with Gasteiger partial charge in [0.15, 0.2) is 11.6 Å². The summed E-state index contributed by atoms with van der Waals surface area (Å²) in [5.41, 5.74) is 4.66. The minimum absolute atomic E-state index is 0.0788. The van der Waals surface area contributed by atoms with Gasteiger partial charge in [0.25, 0.3) is 0 Å². The summed E-state index contributed by atoms with van der Waals surface area (Å²) >= 11 is 0. The zero-order valence-corrected chi connectivity index (χ0v) is 16.5. The average molecular weight is 373 g/mol. The summed E-state index contributed by atoms with van der Waals surface area (Å²) in [4.78, 5) is 26.7. The van der Waals surface area contributed by atoms with E-state index >= 15 is 0 Å². The molecule has 0 heterocycles. The molecule has 1 aliphatic rings. The molecular weight excluding hydrogens is 346 g/mol. The number of benzene rings is 2. The lowest BCUT2D eigenvalue weighted by Gasteiger charge is -2.25. The van der Waals surface area contributed by atoms with Gasteiger partial charge in [0, 0.05) is 34.5 Å². The molecular formula is C25H27NO2. The van der Waals surface area contributed by atoms with Crippen molar-refractivity contribution in [1.29, 1.82) is 0 Å². The van der Waals surface area contributed by atoms with Crippen LogP contribution in [0.1, 0.15) is 69.2 Å².